The summed E-state index contributed by atoms with van der Waals surface area (Å²) < 4.78 is 0. The second-order valence-electron chi connectivity index (χ2n) is 5.95. The van der Waals surface area contributed by atoms with Crippen molar-refractivity contribution in [3.05, 3.63) is 29.8 Å². The first-order valence-electron chi connectivity index (χ1n) is 7.91. The monoisotopic (exact) mass is 289 g/mol. The van der Waals surface area contributed by atoms with E-state index in [1.807, 2.05) is 6.92 Å². The molecule has 2 atom stereocenters. The normalized spacial score (nSPS) is 25.0. The average molecular weight is 289 g/mol. The number of amides is 1. The van der Waals surface area contributed by atoms with Gasteiger partial charge in [0, 0.05) is 18.3 Å². The third-order valence-electron chi connectivity index (χ3n) is 4.68. The summed E-state index contributed by atoms with van der Waals surface area (Å²) in [6, 6.07) is 8.80. The van der Waals surface area contributed by atoms with Crippen LogP contribution < -0.4 is 16.0 Å². The Kier molecular flexibility index (Phi) is 4.88. The molecule has 0 saturated heterocycles. The Morgan fingerprint density at radius 3 is 2.71 bits per heavy atom. The molecule has 1 aromatic rings. The van der Waals surface area contributed by atoms with Crippen LogP contribution in [-0.2, 0) is 4.79 Å². The lowest BCUT2D eigenvalue weighted by atomic mass is 9.96. The van der Waals surface area contributed by atoms with Crippen molar-refractivity contribution >= 4 is 11.6 Å². The molecule has 0 aliphatic heterocycles. The number of aryl methyl sites for hydroxylation is 1. The largest absolute Gasteiger partial charge is 0.369 e. The molecule has 4 heteroatoms. The fourth-order valence-electron chi connectivity index (χ4n) is 3.61. The predicted octanol–water partition coefficient (Wildman–Crippen LogP) is 2.21. The lowest BCUT2D eigenvalue weighted by Gasteiger charge is -2.33. The number of primary amides is 1. The summed E-state index contributed by atoms with van der Waals surface area (Å²) >= 11 is 0. The molecule has 1 saturated carbocycles. The van der Waals surface area contributed by atoms with Crippen LogP contribution in [0.3, 0.4) is 0 Å². The molecule has 0 aromatic heterocycles. The van der Waals surface area contributed by atoms with E-state index < -0.39 is 5.54 Å². The van der Waals surface area contributed by atoms with E-state index in [0.29, 0.717) is 6.04 Å². The molecular formula is C17H27N3O. The fourth-order valence-corrected chi connectivity index (χ4v) is 3.61. The van der Waals surface area contributed by atoms with Crippen LogP contribution in [-0.4, -0.2) is 30.6 Å². The van der Waals surface area contributed by atoms with E-state index in [-0.39, 0.29) is 5.91 Å². The first-order chi connectivity index (χ1) is 10.0. The quantitative estimate of drug-likeness (QED) is 0.844. The number of carbonyl (C=O) groups is 1. The minimum Gasteiger partial charge on any atom is -0.369 e. The SMILES string of the molecule is CCNC1(C(N)=O)CCC(N(CC)c2ccccc2C)C1. The van der Waals surface area contributed by atoms with Crippen molar-refractivity contribution in [2.24, 2.45) is 5.73 Å². The molecule has 0 heterocycles. The number of nitrogens with zero attached hydrogens (tertiary/aromatic N) is 1. The van der Waals surface area contributed by atoms with E-state index in [1.165, 1.54) is 11.3 Å². The van der Waals surface area contributed by atoms with Gasteiger partial charge in [0.2, 0.25) is 5.91 Å². The van der Waals surface area contributed by atoms with Crippen LogP contribution in [0.15, 0.2) is 24.3 Å². The Hall–Kier alpha value is -1.55. The Labute approximate surface area is 127 Å². The van der Waals surface area contributed by atoms with E-state index >= 15 is 0 Å². The molecule has 116 valence electrons. The fraction of sp³-hybridized carbons (Fsp3) is 0.588. The molecule has 2 rings (SSSR count). The zero-order valence-electron chi connectivity index (χ0n) is 13.4. The minimum atomic E-state index is -0.532. The number of likely N-dealkylation sites (N-methyl/N-ethyl adjacent to an activating group) is 1. The van der Waals surface area contributed by atoms with Crippen molar-refractivity contribution in [1.29, 1.82) is 0 Å². The van der Waals surface area contributed by atoms with Crippen molar-refractivity contribution in [1.82, 2.24) is 5.32 Å². The molecule has 1 aromatic carbocycles. The van der Waals surface area contributed by atoms with Crippen molar-refractivity contribution < 1.29 is 4.79 Å². The molecule has 0 spiro atoms. The van der Waals surface area contributed by atoms with Gasteiger partial charge in [-0.05, 0) is 51.3 Å². The van der Waals surface area contributed by atoms with Crippen LogP contribution in [0, 0.1) is 6.92 Å². The van der Waals surface area contributed by atoms with Crippen LogP contribution in [0.25, 0.3) is 0 Å². The molecule has 1 amide bonds. The third kappa shape index (κ3) is 3.05. The summed E-state index contributed by atoms with van der Waals surface area (Å²) in [5.41, 5.74) is 7.68. The maximum Gasteiger partial charge on any atom is 0.237 e. The second-order valence-corrected chi connectivity index (χ2v) is 5.95. The summed E-state index contributed by atoms with van der Waals surface area (Å²) in [6.45, 7) is 8.04. The number of hydrogen-bond donors (Lipinski definition) is 2. The molecule has 3 N–H and O–H groups in total. The minimum absolute atomic E-state index is 0.215. The average Bonchev–Trinajstić information content (AvgIpc) is 2.88. The number of nitrogens with one attached hydrogen (secondary N) is 1. The van der Waals surface area contributed by atoms with E-state index in [9.17, 15) is 4.79 Å². The molecular weight excluding hydrogens is 262 g/mol. The summed E-state index contributed by atoms with van der Waals surface area (Å²) in [6.07, 6.45) is 2.61. The number of carbonyl (C=O) groups excluding carboxylic acids is 1. The number of benzene rings is 1. The van der Waals surface area contributed by atoms with Crippen molar-refractivity contribution in [3.63, 3.8) is 0 Å². The highest BCUT2D eigenvalue weighted by atomic mass is 16.1. The van der Waals surface area contributed by atoms with Crippen molar-refractivity contribution in [2.75, 3.05) is 18.0 Å². The van der Waals surface area contributed by atoms with Crippen LogP contribution in [0.4, 0.5) is 5.69 Å². The van der Waals surface area contributed by atoms with Gasteiger partial charge in [0.05, 0.1) is 5.54 Å². The van der Waals surface area contributed by atoms with Gasteiger partial charge in [0.15, 0.2) is 0 Å². The Balaban J connectivity index is 2.22. The zero-order valence-corrected chi connectivity index (χ0v) is 13.4. The number of nitrogens with two attached hydrogens (primary N) is 1. The third-order valence-corrected chi connectivity index (χ3v) is 4.68. The molecule has 0 bridgehead atoms. The lowest BCUT2D eigenvalue weighted by molar-refractivity contribution is -0.124. The van der Waals surface area contributed by atoms with Crippen LogP contribution in [0.2, 0.25) is 0 Å². The number of rotatable bonds is 6. The summed E-state index contributed by atoms with van der Waals surface area (Å²) in [5.74, 6) is -0.215. The molecule has 0 radical (unpaired) electrons. The van der Waals surface area contributed by atoms with Crippen LogP contribution >= 0.6 is 0 Å². The van der Waals surface area contributed by atoms with Gasteiger partial charge in [-0.1, -0.05) is 25.1 Å². The predicted molar refractivity (Wildman–Crippen MR) is 87.4 cm³/mol. The molecule has 2 unspecified atom stereocenters. The Morgan fingerprint density at radius 2 is 2.14 bits per heavy atom. The Bertz CT molecular complexity index is 503. The molecule has 4 nitrogen and oxygen atoms in total. The Morgan fingerprint density at radius 1 is 1.43 bits per heavy atom. The first-order valence-corrected chi connectivity index (χ1v) is 7.91. The van der Waals surface area contributed by atoms with Gasteiger partial charge in [0.25, 0.3) is 0 Å². The van der Waals surface area contributed by atoms with E-state index in [2.05, 4.69) is 48.3 Å². The van der Waals surface area contributed by atoms with Gasteiger partial charge >= 0.3 is 0 Å². The molecule has 1 aliphatic rings. The van der Waals surface area contributed by atoms with Crippen LogP contribution in [0.5, 0.6) is 0 Å². The number of hydrogen-bond acceptors (Lipinski definition) is 3. The van der Waals surface area contributed by atoms with Gasteiger partial charge in [0.1, 0.15) is 0 Å². The number of para-hydroxylation sites is 1. The number of anilines is 1. The van der Waals surface area contributed by atoms with Gasteiger partial charge in [-0.2, -0.15) is 0 Å². The maximum atomic E-state index is 11.9. The molecule has 1 fully saturated rings. The molecule has 21 heavy (non-hydrogen) atoms. The standard InChI is InChI=1S/C17H27N3O/c1-4-19-17(16(18)21)11-10-14(12-17)20(5-2)15-9-7-6-8-13(15)3/h6-9,14,19H,4-5,10-12H2,1-3H3,(H2,18,21). The highest BCUT2D eigenvalue weighted by molar-refractivity contribution is 5.85. The molecule has 1 aliphatic carbocycles. The highest BCUT2D eigenvalue weighted by Gasteiger charge is 2.45. The lowest BCUT2D eigenvalue weighted by Crippen LogP contribution is -2.54. The van der Waals surface area contributed by atoms with Gasteiger partial charge < -0.3 is 16.0 Å². The summed E-state index contributed by atoms with van der Waals surface area (Å²) in [4.78, 5) is 14.3. The van der Waals surface area contributed by atoms with Crippen LogP contribution in [0.1, 0.15) is 38.7 Å². The second kappa shape index (κ2) is 6.48. The van der Waals surface area contributed by atoms with Gasteiger partial charge in [-0.15, -0.1) is 0 Å². The first kappa shape index (κ1) is 15.8. The van der Waals surface area contributed by atoms with E-state index in [0.717, 1.165) is 32.4 Å². The van der Waals surface area contributed by atoms with Crippen molar-refractivity contribution in [3.8, 4) is 0 Å². The highest BCUT2D eigenvalue weighted by Crippen LogP contribution is 2.36. The van der Waals surface area contributed by atoms with Crippen molar-refractivity contribution in [2.45, 2.75) is 51.6 Å². The smallest absolute Gasteiger partial charge is 0.237 e. The van der Waals surface area contributed by atoms with Gasteiger partial charge in [-0.3, -0.25) is 4.79 Å². The van der Waals surface area contributed by atoms with Gasteiger partial charge in [-0.25, -0.2) is 0 Å². The zero-order chi connectivity index (χ0) is 15.5. The topological polar surface area (TPSA) is 58.4 Å². The van der Waals surface area contributed by atoms with E-state index in [4.69, 9.17) is 5.73 Å². The maximum absolute atomic E-state index is 11.9. The summed E-state index contributed by atoms with van der Waals surface area (Å²) in [7, 11) is 0. The van der Waals surface area contributed by atoms with E-state index in [1.54, 1.807) is 0 Å². The summed E-state index contributed by atoms with van der Waals surface area (Å²) in [5, 5.41) is 3.33.